The van der Waals surface area contributed by atoms with Gasteiger partial charge >= 0.3 is 11.9 Å². The third-order valence-electron chi connectivity index (χ3n) is 3.31. The van der Waals surface area contributed by atoms with Crippen LogP contribution in [0.2, 0.25) is 0 Å². The van der Waals surface area contributed by atoms with E-state index >= 15 is 0 Å². The van der Waals surface area contributed by atoms with E-state index in [1.165, 1.54) is 0 Å². The Morgan fingerprint density at radius 1 is 0.833 bits per heavy atom. The van der Waals surface area contributed by atoms with Gasteiger partial charge in [-0.1, -0.05) is 39.7 Å². The van der Waals surface area contributed by atoms with E-state index in [1.54, 1.807) is 18.2 Å². The van der Waals surface area contributed by atoms with Gasteiger partial charge in [0.15, 0.2) is 11.5 Å². The van der Waals surface area contributed by atoms with Crippen LogP contribution in [0, 0.1) is 0 Å². The third-order valence-corrected chi connectivity index (χ3v) is 3.31. The zero-order chi connectivity index (χ0) is 17.8. The summed E-state index contributed by atoms with van der Waals surface area (Å²) < 4.78 is 16.4. The van der Waals surface area contributed by atoms with Crippen molar-refractivity contribution in [2.75, 3.05) is 6.61 Å². The predicted octanol–water partition coefficient (Wildman–Crippen LogP) is 4.67. The van der Waals surface area contributed by atoms with E-state index in [1.807, 2.05) is 20.8 Å². The molecular weight excluding hydrogens is 308 g/mol. The Hall–Kier alpha value is -2.04. The number of hydrogen-bond acceptors (Lipinski definition) is 5. The summed E-state index contributed by atoms with van der Waals surface area (Å²) in [5.41, 5.74) is 0. The number of carbonyl (C=O) groups is 2. The van der Waals surface area contributed by atoms with Crippen molar-refractivity contribution < 1.29 is 23.8 Å². The molecule has 0 fully saturated rings. The highest BCUT2D eigenvalue weighted by Crippen LogP contribution is 2.38. The molecule has 0 aliphatic heterocycles. The van der Waals surface area contributed by atoms with Gasteiger partial charge < -0.3 is 14.2 Å². The van der Waals surface area contributed by atoms with Crippen LogP contribution in [-0.2, 0) is 9.59 Å². The summed E-state index contributed by atoms with van der Waals surface area (Å²) in [5, 5.41) is 0. The van der Waals surface area contributed by atoms with Gasteiger partial charge in [0, 0.05) is 12.8 Å². The summed E-state index contributed by atoms with van der Waals surface area (Å²) in [6.07, 6.45) is 4.81. The standard InChI is InChI=1S/C19H28O5/c1-4-7-12-17(20)23-16-11-9-10-15(22-14-6-3)19(16)24-18(21)13-8-5-2/h9-11H,4-8,12-14H2,1-3H3. The molecule has 5 nitrogen and oxygen atoms in total. The Labute approximate surface area is 144 Å². The van der Waals surface area contributed by atoms with Crippen molar-refractivity contribution in [3.05, 3.63) is 18.2 Å². The number of unbranched alkanes of at least 4 members (excludes halogenated alkanes) is 2. The molecule has 0 radical (unpaired) electrons. The Kier molecular flexibility index (Phi) is 9.58. The maximum atomic E-state index is 12.0. The summed E-state index contributed by atoms with van der Waals surface area (Å²) in [5.74, 6) is 0.152. The molecule has 1 rings (SSSR count). The SMILES string of the molecule is CCCCC(=O)Oc1cccc(OCCC)c1OC(=O)CCCC. The fourth-order valence-electron chi connectivity index (χ4n) is 1.98. The van der Waals surface area contributed by atoms with Crippen molar-refractivity contribution >= 4 is 11.9 Å². The Morgan fingerprint density at radius 3 is 2.00 bits per heavy atom. The van der Waals surface area contributed by atoms with E-state index in [2.05, 4.69) is 0 Å². The van der Waals surface area contributed by atoms with Crippen LogP contribution in [0.1, 0.15) is 65.7 Å². The molecule has 0 bridgehead atoms. The molecule has 0 unspecified atom stereocenters. The molecule has 0 heterocycles. The molecule has 1 aromatic rings. The molecule has 0 aliphatic carbocycles. The van der Waals surface area contributed by atoms with E-state index < -0.39 is 0 Å². The first-order valence-corrected chi connectivity index (χ1v) is 8.79. The number of carbonyl (C=O) groups excluding carboxylic acids is 2. The number of benzene rings is 1. The van der Waals surface area contributed by atoms with Gasteiger partial charge in [0.05, 0.1) is 6.61 Å². The first kappa shape index (κ1) is 20.0. The van der Waals surface area contributed by atoms with Gasteiger partial charge in [-0.2, -0.15) is 0 Å². The lowest BCUT2D eigenvalue weighted by Gasteiger charge is -2.15. The normalized spacial score (nSPS) is 10.3. The summed E-state index contributed by atoms with van der Waals surface area (Å²) in [4.78, 5) is 23.9. The lowest BCUT2D eigenvalue weighted by atomic mass is 10.2. The first-order chi connectivity index (χ1) is 11.6. The van der Waals surface area contributed by atoms with Gasteiger partial charge in [0.25, 0.3) is 0 Å². The van der Waals surface area contributed by atoms with E-state index in [-0.39, 0.29) is 23.4 Å². The molecule has 0 aromatic heterocycles. The van der Waals surface area contributed by atoms with Crippen molar-refractivity contribution in [3.63, 3.8) is 0 Å². The molecule has 134 valence electrons. The van der Waals surface area contributed by atoms with Crippen molar-refractivity contribution in [1.29, 1.82) is 0 Å². The van der Waals surface area contributed by atoms with Crippen LogP contribution in [0.15, 0.2) is 18.2 Å². The monoisotopic (exact) mass is 336 g/mol. The van der Waals surface area contributed by atoms with Gasteiger partial charge in [-0.25, -0.2) is 0 Å². The van der Waals surface area contributed by atoms with Crippen LogP contribution in [0.25, 0.3) is 0 Å². The molecule has 0 saturated carbocycles. The van der Waals surface area contributed by atoms with Crippen LogP contribution in [0.4, 0.5) is 0 Å². The largest absolute Gasteiger partial charge is 0.490 e. The molecule has 1 aromatic carbocycles. The van der Waals surface area contributed by atoms with Crippen LogP contribution in [-0.4, -0.2) is 18.5 Å². The van der Waals surface area contributed by atoms with E-state index in [4.69, 9.17) is 14.2 Å². The summed E-state index contributed by atoms with van der Waals surface area (Å²) in [6.45, 7) is 6.49. The molecule has 0 amide bonds. The molecule has 0 spiro atoms. The second-order valence-electron chi connectivity index (χ2n) is 5.59. The number of hydrogen-bond donors (Lipinski definition) is 0. The summed E-state index contributed by atoms with van der Waals surface area (Å²) in [6, 6.07) is 5.05. The van der Waals surface area contributed by atoms with Crippen molar-refractivity contribution in [2.24, 2.45) is 0 Å². The van der Waals surface area contributed by atoms with Gasteiger partial charge in [0.2, 0.25) is 5.75 Å². The van der Waals surface area contributed by atoms with Crippen LogP contribution in [0.5, 0.6) is 17.2 Å². The fraction of sp³-hybridized carbons (Fsp3) is 0.579. The second kappa shape index (κ2) is 11.5. The van der Waals surface area contributed by atoms with Crippen molar-refractivity contribution in [2.45, 2.75) is 65.7 Å². The lowest BCUT2D eigenvalue weighted by molar-refractivity contribution is -0.137. The minimum absolute atomic E-state index is 0.192. The lowest BCUT2D eigenvalue weighted by Crippen LogP contribution is -2.13. The van der Waals surface area contributed by atoms with E-state index in [9.17, 15) is 9.59 Å². The van der Waals surface area contributed by atoms with Gasteiger partial charge in [-0.05, 0) is 31.4 Å². The molecule has 0 atom stereocenters. The minimum atomic E-state index is -0.352. The highest BCUT2D eigenvalue weighted by atomic mass is 16.6. The average molecular weight is 336 g/mol. The van der Waals surface area contributed by atoms with Crippen LogP contribution in [0.3, 0.4) is 0 Å². The highest BCUT2D eigenvalue weighted by molar-refractivity contribution is 5.77. The predicted molar refractivity (Wildman–Crippen MR) is 92.5 cm³/mol. The molecule has 0 saturated heterocycles. The quantitative estimate of drug-likeness (QED) is 0.434. The highest BCUT2D eigenvalue weighted by Gasteiger charge is 2.18. The molecule has 5 heteroatoms. The number of rotatable bonds is 11. The number of ether oxygens (including phenoxy) is 3. The average Bonchev–Trinajstić information content (AvgIpc) is 2.58. The number of para-hydroxylation sites is 1. The first-order valence-electron chi connectivity index (χ1n) is 8.79. The Morgan fingerprint density at radius 2 is 1.42 bits per heavy atom. The van der Waals surface area contributed by atoms with Gasteiger partial charge in [-0.15, -0.1) is 0 Å². The van der Waals surface area contributed by atoms with Crippen molar-refractivity contribution in [1.82, 2.24) is 0 Å². The zero-order valence-corrected chi connectivity index (χ0v) is 14.9. The van der Waals surface area contributed by atoms with Gasteiger partial charge in [0.1, 0.15) is 0 Å². The van der Waals surface area contributed by atoms with E-state index in [0.29, 0.717) is 25.2 Å². The molecular formula is C19H28O5. The van der Waals surface area contributed by atoms with Crippen LogP contribution >= 0.6 is 0 Å². The fourth-order valence-corrected chi connectivity index (χ4v) is 1.98. The van der Waals surface area contributed by atoms with E-state index in [0.717, 1.165) is 32.1 Å². The molecule has 0 N–H and O–H groups in total. The topological polar surface area (TPSA) is 61.8 Å². The Bertz CT molecular complexity index is 524. The van der Waals surface area contributed by atoms with Crippen LogP contribution < -0.4 is 14.2 Å². The van der Waals surface area contributed by atoms with Crippen molar-refractivity contribution in [3.8, 4) is 17.2 Å². The van der Waals surface area contributed by atoms with Gasteiger partial charge in [-0.3, -0.25) is 9.59 Å². The number of esters is 2. The second-order valence-corrected chi connectivity index (χ2v) is 5.59. The minimum Gasteiger partial charge on any atom is -0.490 e. The Balaban J connectivity index is 2.94. The maximum absolute atomic E-state index is 12.0. The summed E-state index contributed by atoms with van der Waals surface area (Å²) in [7, 11) is 0. The molecule has 0 aliphatic rings. The smallest absolute Gasteiger partial charge is 0.311 e. The zero-order valence-electron chi connectivity index (χ0n) is 14.9. The summed E-state index contributed by atoms with van der Waals surface area (Å²) >= 11 is 0. The molecule has 24 heavy (non-hydrogen) atoms. The maximum Gasteiger partial charge on any atom is 0.311 e. The third kappa shape index (κ3) is 7.02.